The second-order valence-electron chi connectivity index (χ2n) is 5.02. The van der Waals surface area contributed by atoms with Crippen molar-refractivity contribution < 1.29 is 9.53 Å². The molecule has 0 spiro atoms. The van der Waals surface area contributed by atoms with E-state index in [1.165, 1.54) is 12.0 Å². The van der Waals surface area contributed by atoms with Gasteiger partial charge in [-0.3, -0.25) is 4.79 Å². The van der Waals surface area contributed by atoms with Crippen molar-refractivity contribution in [1.82, 2.24) is 0 Å². The fourth-order valence-electron chi connectivity index (χ4n) is 2.05. The number of cyclic esters (lactones) is 1. The molecule has 0 aromatic heterocycles. The van der Waals surface area contributed by atoms with Gasteiger partial charge in [-0.25, -0.2) is 0 Å². The van der Waals surface area contributed by atoms with Gasteiger partial charge in [0.2, 0.25) is 0 Å². The number of rotatable bonds is 0. The Hall–Kier alpha value is -1.05. The first-order valence-corrected chi connectivity index (χ1v) is 7.25. The Labute approximate surface area is 111 Å². The lowest BCUT2D eigenvalue weighted by Gasteiger charge is -2.05. The zero-order chi connectivity index (χ0) is 13.1. The number of esters is 1. The van der Waals surface area contributed by atoms with Crippen molar-refractivity contribution in [3.05, 3.63) is 23.8 Å². The fourth-order valence-corrected chi connectivity index (χ4v) is 2.05. The van der Waals surface area contributed by atoms with E-state index in [1.807, 2.05) is 0 Å². The molecule has 0 bridgehead atoms. The van der Waals surface area contributed by atoms with Gasteiger partial charge >= 0.3 is 5.97 Å². The summed E-state index contributed by atoms with van der Waals surface area (Å²) in [5, 5.41) is 0. The van der Waals surface area contributed by atoms with E-state index in [-0.39, 0.29) is 5.97 Å². The standard InChI is InChI=1S/C16H26O2/c1-15-11-7-5-3-2-4-6-8-13-16(17)18-14-10-9-12-15/h3,5,12H,2,4,6-11,13-14H2,1H3/b5-3-,15-12+. The topological polar surface area (TPSA) is 26.3 Å². The van der Waals surface area contributed by atoms with Crippen LogP contribution in [0.4, 0.5) is 0 Å². The first-order valence-electron chi connectivity index (χ1n) is 7.25. The SMILES string of the molecule is C/C1=C\CCCOC(=O)CCCCC/C=C\CC1. The first kappa shape index (κ1) is 15.0. The van der Waals surface area contributed by atoms with E-state index in [0.29, 0.717) is 13.0 Å². The summed E-state index contributed by atoms with van der Waals surface area (Å²) in [5.41, 5.74) is 1.44. The molecule has 0 fully saturated rings. The maximum Gasteiger partial charge on any atom is 0.305 e. The van der Waals surface area contributed by atoms with Gasteiger partial charge in [-0.1, -0.05) is 30.2 Å². The maximum absolute atomic E-state index is 11.4. The predicted octanol–water partition coefficient (Wildman–Crippen LogP) is 4.56. The molecule has 0 aromatic rings. The molecule has 2 heteroatoms. The van der Waals surface area contributed by atoms with Gasteiger partial charge < -0.3 is 4.74 Å². The molecule has 0 unspecified atom stereocenters. The van der Waals surface area contributed by atoms with E-state index in [4.69, 9.17) is 4.74 Å². The van der Waals surface area contributed by atoms with Gasteiger partial charge in [0, 0.05) is 6.42 Å². The van der Waals surface area contributed by atoms with Crippen molar-refractivity contribution in [3.8, 4) is 0 Å². The van der Waals surface area contributed by atoms with Crippen LogP contribution in [0.5, 0.6) is 0 Å². The molecule has 0 saturated heterocycles. The Balaban J connectivity index is 2.34. The second-order valence-corrected chi connectivity index (χ2v) is 5.02. The summed E-state index contributed by atoms with van der Waals surface area (Å²) >= 11 is 0. The van der Waals surface area contributed by atoms with Crippen molar-refractivity contribution >= 4 is 5.97 Å². The molecule has 0 radical (unpaired) electrons. The third-order valence-corrected chi connectivity index (χ3v) is 3.23. The third-order valence-electron chi connectivity index (χ3n) is 3.23. The van der Waals surface area contributed by atoms with Crippen LogP contribution in [0.25, 0.3) is 0 Å². The molecule has 18 heavy (non-hydrogen) atoms. The minimum absolute atomic E-state index is 0.0293. The van der Waals surface area contributed by atoms with Gasteiger partial charge in [-0.15, -0.1) is 0 Å². The third kappa shape index (κ3) is 8.10. The van der Waals surface area contributed by atoms with E-state index in [1.54, 1.807) is 0 Å². The number of carbonyl (C=O) groups is 1. The average molecular weight is 250 g/mol. The number of hydrogen-bond acceptors (Lipinski definition) is 2. The monoisotopic (exact) mass is 250 g/mol. The van der Waals surface area contributed by atoms with Crippen molar-refractivity contribution in [2.75, 3.05) is 6.61 Å². The van der Waals surface area contributed by atoms with E-state index >= 15 is 0 Å². The van der Waals surface area contributed by atoms with Crippen molar-refractivity contribution in [3.63, 3.8) is 0 Å². The Kier molecular flexibility index (Phi) is 8.28. The Bertz CT molecular complexity index is 289. The van der Waals surface area contributed by atoms with Crippen LogP contribution < -0.4 is 0 Å². The lowest BCUT2D eigenvalue weighted by Crippen LogP contribution is -2.05. The quantitative estimate of drug-likeness (QED) is 0.465. The smallest absolute Gasteiger partial charge is 0.305 e. The number of carbonyl (C=O) groups excluding carboxylic acids is 1. The highest BCUT2D eigenvalue weighted by atomic mass is 16.5. The van der Waals surface area contributed by atoms with Gasteiger partial charge in [0.15, 0.2) is 0 Å². The number of allylic oxidation sites excluding steroid dienone is 4. The summed E-state index contributed by atoms with van der Waals surface area (Å²) in [6, 6.07) is 0. The summed E-state index contributed by atoms with van der Waals surface area (Å²) in [6.45, 7) is 2.76. The lowest BCUT2D eigenvalue weighted by molar-refractivity contribution is -0.143. The van der Waals surface area contributed by atoms with Crippen LogP contribution in [0.3, 0.4) is 0 Å². The molecule has 0 aromatic carbocycles. The molecule has 102 valence electrons. The summed E-state index contributed by atoms with van der Waals surface area (Å²) in [4.78, 5) is 11.4. The summed E-state index contributed by atoms with van der Waals surface area (Å²) in [5.74, 6) is -0.0293. The Morgan fingerprint density at radius 1 is 0.944 bits per heavy atom. The van der Waals surface area contributed by atoms with Crippen LogP contribution in [-0.4, -0.2) is 12.6 Å². The van der Waals surface area contributed by atoms with Crippen LogP contribution in [0.2, 0.25) is 0 Å². The molecular weight excluding hydrogens is 224 g/mol. The zero-order valence-corrected chi connectivity index (χ0v) is 11.6. The van der Waals surface area contributed by atoms with Crippen molar-refractivity contribution in [2.45, 2.75) is 64.7 Å². The van der Waals surface area contributed by atoms with Crippen LogP contribution >= 0.6 is 0 Å². The normalized spacial score (nSPS) is 25.8. The van der Waals surface area contributed by atoms with Gasteiger partial charge in [-0.05, 0) is 51.9 Å². The first-order chi connectivity index (χ1) is 8.79. The number of ether oxygens (including phenoxy) is 1. The van der Waals surface area contributed by atoms with Crippen LogP contribution in [0.15, 0.2) is 23.8 Å². The maximum atomic E-state index is 11.4. The summed E-state index contributed by atoms with van der Waals surface area (Å²) in [6.07, 6.45) is 16.1. The van der Waals surface area contributed by atoms with Gasteiger partial charge in [0.1, 0.15) is 0 Å². The van der Waals surface area contributed by atoms with Crippen molar-refractivity contribution in [1.29, 1.82) is 0 Å². The van der Waals surface area contributed by atoms with Gasteiger partial charge in [0.05, 0.1) is 6.61 Å². The molecule has 0 N–H and O–H groups in total. The molecule has 0 amide bonds. The molecule has 0 atom stereocenters. The van der Waals surface area contributed by atoms with Crippen molar-refractivity contribution in [2.24, 2.45) is 0 Å². The minimum Gasteiger partial charge on any atom is -0.466 e. The Morgan fingerprint density at radius 2 is 1.78 bits per heavy atom. The van der Waals surface area contributed by atoms with E-state index in [0.717, 1.165) is 44.9 Å². The fraction of sp³-hybridized carbons (Fsp3) is 0.688. The molecule has 1 rings (SSSR count). The number of hydrogen-bond donors (Lipinski definition) is 0. The lowest BCUT2D eigenvalue weighted by atomic mass is 10.1. The minimum atomic E-state index is -0.0293. The molecular formula is C16H26O2. The summed E-state index contributed by atoms with van der Waals surface area (Å²) < 4.78 is 5.20. The highest BCUT2D eigenvalue weighted by molar-refractivity contribution is 5.69. The molecule has 1 aliphatic heterocycles. The van der Waals surface area contributed by atoms with Crippen LogP contribution in [0.1, 0.15) is 64.7 Å². The Morgan fingerprint density at radius 3 is 2.67 bits per heavy atom. The molecule has 1 heterocycles. The van der Waals surface area contributed by atoms with Gasteiger partial charge in [-0.2, -0.15) is 0 Å². The van der Waals surface area contributed by atoms with Crippen LogP contribution in [0, 0.1) is 0 Å². The second kappa shape index (κ2) is 9.93. The molecule has 2 nitrogen and oxygen atoms in total. The van der Waals surface area contributed by atoms with E-state index in [2.05, 4.69) is 25.2 Å². The van der Waals surface area contributed by atoms with Gasteiger partial charge in [0.25, 0.3) is 0 Å². The summed E-state index contributed by atoms with van der Waals surface area (Å²) in [7, 11) is 0. The average Bonchev–Trinajstić information content (AvgIpc) is 2.35. The van der Waals surface area contributed by atoms with E-state index < -0.39 is 0 Å². The highest BCUT2D eigenvalue weighted by Gasteiger charge is 2.02. The highest BCUT2D eigenvalue weighted by Crippen LogP contribution is 2.10. The largest absolute Gasteiger partial charge is 0.466 e. The zero-order valence-electron chi connectivity index (χ0n) is 11.6. The molecule has 0 saturated carbocycles. The molecule has 1 aliphatic rings. The molecule has 0 aliphatic carbocycles. The van der Waals surface area contributed by atoms with E-state index in [9.17, 15) is 4.79 Å². The van der Waals surface area contributed by atoms with Crippen LogP contribution in [-0.2, 0) is 9.53 Å². The predicted molar refractivity (Wildman–Crippen MR) is 75.4 cm³/mol.